The Bertz CT molecular complexity index is 1910. The number of unbranched alkanes of at least 4 members (excludes halogenated alkanes) is 1. The molecule has 0 spiro atoms. The molecule has 0 unspecified atom stereocenters. The maximum absolute atomic E-state index is 13.8. The van der Waals surface area contributed by atoms with Crippen molar-refractivity contribution in [3.05, 3.63) is 111 Å². The van der Waals surface area contributed by atoms with Gasteiger partial charge in [0.25, 0.3) is 17.5 Å². The van der Waals surface area contributed by atoms with Gasteiger partial charge in [0.2, 0.25) is 0 Å². The number of amides is 3. The fourth-order valence-electron chi connectivity index (χ4n) is 5.34. The normalized spacial score (nSPS) is 12.7. The summed E-state index contributed by atoms with van der Waals surface area (Å²) >= 11 is 0. The summed E-state index contributed by atoms with van der Waals surface area (Å²) in [5, 5.41) is 28.5. The summed E-state index contributed by atoms with van der Waals surface area (Å²) in [6.45, 7) is 2.34. The smallest absolute Gasteiger partial charge is 0.352 e. The first-order valence-corrected chi connectivity index (χ1v) is 13.3. The first kappa shape index (κ1) is 26.6. The van der Waals surface area contributed by atoms with E-state index in [1.54, 1.807) is 54.7 Å². The lowest BCUT2D eigenvalue weighted by Crippen LogP contribution is -2.41. The average Bonchev–Trinajstić information content (AvgIpc) is 3.27. The van der Waals surface area contributed by atoms with Crippen molar-refractivity contribution in [2.75, 3.05) is 11.9 Å². The van der Waals surface area contributed by atoms with Crippen LogP contribution in [0.15, 0.2) is 72.9 Å². The molecular formula is C30H24N6O6. The van der Waals surface area contributed by atoms with Crippen LogP contribution in [-0.2, 0) is 6.54 Å². The van der Waals surface area contributed by atoms with Crippen LogP contribution in [0.25, 0.3) is 21.8 Å². The number of carbonyl (C=O) groups is 3. The van der Waals surface area contributed by atoms with Gasteiger partial charge in [-0.2, -0.15) is 0 Å². The zero-order chi connectivity index (χ0) is 29.5. The SMILES string of the molecule is CCCCN1C(=O)c2cccc3c(NC(=O)c4n(Cc5ccccn5)c5ccc([N+](=O)[O-])cc5[n+]4[O-])ccc(c23)C1=O. The molecule has 0 saturated heterocycles. The van der Waals surface area contributed by atoms with E-state index >= 15 is 0 Å². The van der Waals surface area contributed by atoms with E-state index in [1.807, 2.05) is 6.92 Å². The lowest BCUT2D eigenvalue weighted by Gasteiger charge is -2.27. The highest BCUT2D eigenvalue weighted by molar-refractivity contribution is 6.27. The number of imidazole rings is 1. The minimum atomic E-state index is -0.779. The number of nitrogens with zero attached hydrogens (tertiary/aromatic N) is 5. The number of carbonyl (C=O) groups excluding carboxylic acids is 3. The number of non-ortho nitro benzene ring substituents is 1. The van der Waals surface area contributed by atoms with Crippen LogP contribution in [0.1, 0.15) is 56.8 Å². The Balaban J connectivity index is 1.45. The van der Waals surface area contributed by atoms with Crippen LogP contribution in [0.5, 0.6) is 0 Å². The molecule has 210 valence electrons. The van der Waals surface area contributed by atoms with Crippen LogP contribution >= 0.6 is 0 Å². The highest BCUT2D eigenvalue weighted by Gasteiger charge is 2.34. The third-order valence-electron chi connectivity index (χ3n) is 7.35. The number of nitrogens with one attached hydrogen (secondary N) is 1. The molecule has 0 atom stereocenters. The third-order valence-corrected chi connectivity index (χ3v) is 7.35. The van der Waals surface area contributed by atoms with Crippen LogP contribution in [-0.4, -0.2) is 43.6 Å². The second-order valence-electron chi connectivity index (χ2n) is 9.91. The molecule has 3 aromatic carbocycles. The van der Waals surface area contributed by atoms with Crippen molar-refractivity contribution in [1.29, 1.82) is 0 Å². The number of imide groups is 1. The standard InChI is InChI=1S/C30H24N6O6/c1-2-3-15-33-29(38)21-9-6-8-20-23(12-11-22(26(20)21)30(33)39)32-27(37)28-34(17-18-7-4-5-14-31-18)24-13-10-19(36(41)42)16-25(24)35(28)40/h4-14,16H,2-3,15,17H2,1H3,(H,32,37). The number of fused-ring (bicyclic) bond motifs is 1. The van der Waals surface area contributed by atoms with Crippen LogP contribution < -0.4 is 10.0 Å². The summed E-state index contributed by atoms with van der Waals surface area (Å²) in [6.07, 6.45) is 3.09. The van der Waals surface area contributed by atoms with Crippen molar-refractivity contribution < 1.29 is 24.0 Å². The molecule has 1 aliphatic heterocycles. The zero-order valence-electron chi connectivity index (χ0n) is 22.4. The molecule has 3 heterocycles. The van der Waals surface area contributed by atoms with Gasteiger partial charge in [-0.1, -0.05) is 31.5 Å². The molecule has 1 N–H and O–H groups in total. The number of rotatable bonds is 8. The number of aromatic nitrogens is 3. The van der Waals surface area contributed by atoms with Crippen molar-refractivity contribution in [2.45, 2.75) is 26.3 Å². The largest absolute Gasteiger partial charge is 0.710 e. The third kappa shape index (κ3) is 4.29. The van der Waals surface area contributed by atoms with E-state index in [0.29, 0.717) is 56.5 Å². The van der Waals surface area contributed by atoms with Crippen molar-refractivity contribution in [3.8, 4) is 0 Å². The average molecular weight is 565 g/mol. The molecule has 6 rings (SSSR count). The minimum Gasteiger partial charge on any atom is -0.710 e. The second kappa shape index (κ2) is 10.4. The van der Waals surface area contributed by atoms with Crippen LogP contribution in [0, 0.1) is 15.3 Å². The zero-order valence-corrected chi connectivity index (χ0v) is 22.4. The fourth-order valence-corrected chi connectivity index (χ4v) is 5.34. The van der Waals surface area contributed by atoms with E-state index in [0.717, 1.165) is 12.5 Å². The summed E-state index contributed by atoms with van der Waals surface area (Å²) in [5.74, 6) is -1.89. The number of anilines is 1. The van der Waals surface area contributed by atoms with Gasteiger partial charge < -0.3 is 10.5 Å². The number of hydrogen-bond donors (Lipinski definition) is 1. The molecule has 1 aliphatic rings. The number of benzene rings is 3. The summed E-state index contributed by atoms with van der Waals surface area (Å²) in [7, 11) is 0. The van der Waals surface area contributed by atoms with Gasteiger partial charge in [0, 0.05) is 46.4 Å². The summed E-state index contributed by atoms with van der Waals surface area (Å²) in [6, 6.07) is 17.2. The number of pyridine rings is 1. The molecule has 0 aliphatic carbocycles. The lowest BCUT2D eigenvalue weighted by molar-refractivity contribution is -0.580. The van der Waals surface area contributed by atoms with Gasteiger partial charge in [0.15, 0.2) is 11.0 Å². The molecule has 0 bridgehead atoms. The Labute approximate surface area is 238 Å². The molecular weight excluding hydrogens is 540 g/mol. The van der Waals surface area contributed by atoms with E-state index in [-0.39, 0.29) is 23.6 Å². The number of nitro groups is 1. The van der Waals surface area contributed by atoms with Gasteiger partial charge >= 0.3 is 11.7 Å². The highest BCUT2D eigenvalue weighted by Crippen LogP contribution is 2.35. The van der Waals surface area contributed by atoms with Gasteiger partial charge in [-0.15, -0.1) is 0 Å². The summed E-state index contributed by atoms with van der Waals surface area (Å²) < 4.78 is 1.82. The Morgan fingerprint density at radius 1 is 1.02 bits per heavy atom. The lowest BCUT2D eigenvalue weighted by atomic mass is 9.93. The minimum absolute atomic E-state index is 0.0492. The Kier molecular flexibility index (Phi) is 6.57. The monoisotopic (exact) mass is 564 g/mol. The maximum Gasteiger partial charge on any atom is 0.352 e. The van der Waals surface area contributed by atoms with Crippen molar-refractivity contribution in [1.82, 2.24) is 14.5 Å². The van der Waals surface area contributed by atoms with E-state index in [1.165, 1.54) is 21.6 Å². The van der Waals surface area contributed by atoms with Crippen molar-refractivity contribution >= 4 is 50.9 Å². The predicted molar refractivity (Wildman–Crippen MR) is 153 cm³/mol. The van der Waals surface area contributed by atoms with Gasteiger partial charge in [-0.05, 0) is 42.8 Å². The van der Waals surface area contributed by atoms with E-state index in [4.69, 9.17) is 0 Å². The number of hydrogen-bond acceptors (Lipinski definition) is 7. The Morgan fingerprint density at radius 2 is 1.81 bits per heavy atom. The van der Waals surface area contributed by atoms with Crippen LogP contribution in [0.2, 0.25) is 0 Å². The van der Waals surface area contributed by atoms with Gasteiger partial charge in [-0.25, -0.2) is 9.30 Å². The van der Waals surface area contributed by atoms with Gasteiger partial charge in [-0.3, -0.25) is 34.4 Å². The maximum atomic E-state index is 13.8. The number of nitro benzene ring substituents is 1. The van der Waals surface area contributed by atoms with Crippen LogP contribution in [0.4, 0.5) is 11.4 Å². The van der Waals surface area contributed by atoms with E-state index in [2.05, 4.69) is 10.3 Å². The second-order valence-corrected chi connectivity index (χ2v) is 9.91. The first-order chi connectivity index (χ1) is 20.3. The van der Waals surface area contributed by atoms with Crippen LogP contribution in [0.3, 0.4) is 0 Å². The topological polar surface area (TPSA) is 154 Å². The predicted octanol–water partition coefficient (Wildman–Crippen LogP) is 4.43. The molecule has 12 heteroatoms. The molecule has 5 aromatic rings. The molecule has 0 saturated carbocycles. The molecule has 0 fully saturated rings. The quantitative estimate of drug-likeness (QED) is 0.0961. The van der Waals surface area contributed by atoms with Crippen molar-refractivity contribution in [2.24, 2.45) is 0 Å². The first-order valence-electron chi connectivity index (χ1n) is 13.3. The van der Waals surface area contributed by atoms with Gasteiger partial charge in [0.1, 0.15) is 6.54 Å². The summed E-state index contributed by atoms with van der Waals surface area (Å²) in [4.78, 5) is 56.6. The van der Waals surface area contributed by atoms with E-state index < -0.39 is 22.6 Å². The molecule has 42 heavy (non-hydrogen) atoms. The van der Waals surface area contributed by atoms with Crippen molar-refractivity contribution in [3.63, 3.8) is 0 Å². The molecule has 0 radical (unpaired) electrons. The Hall–Kier alpha value is -5.65. The molecule has 3 amide bonds. The van der Waals surface area contributed by atoms with Gasteiger partial charge in [0.05, 0.1) is 16.7 Å². The highest BCUT2D eigenvalue weighted by atomic mass is 16.6. The Morgan fingerprint density at radius 3 is 2.52 bits per heavy atom. The molecule has 12 nitrogen and oxygen atoms in total. The van der Waals surface area contributed by atoms with E-state index in [9.17, 15) is 29.7 Å². The fraction of sp³-hybridized carbons (Fsp3) is 0.167. The summed E-state index contributed by atoms with van der Waals surface area (Å²) in [5.41, 5.74) is 1.53. The molecule has 2 aromatic heterocycles.